The van der Waals surface area contributed by atoms with Gasteiger partial charge in [0.15, 0.2) is 11.0 Å². The minimum atomic E-state index is -0.166. The van der Waals surface area contributed by atoms with E-state index in [1.54, 1.807) is 22.8 Å². The average molecular weight is 404 g/mol. The Morgan fingerprint density at radius 1 is 1.42 bits per heavy atom. The largest absolute Gasteiger partial charge is 0.316 e. The van der Waals surface area contributed by atoms with Gasteiger partial charge in [0, 0.05) is 21.9 Å². The summed E-state index contributed by atoms with van der Waals surface area (Å²) in [6.07, 6.45) is 0. The van der Waals surface area contributed by atoms with Crippen LogP contribution < -0.4 is 5.32 Å². The lowest BCUT2D eigenvalue weighted by Crippen LogP contribution is -2.14. The zero-order valence-corrected chi connectivity index (χ0v) is 17.0. The Bertz CT molecular complexity index is 963. The quantitative estimate of drug-likeness (QED) is 0.610. The molecule has 0 spiro atoms. The molecular weight excluding hydrogens is 386 g/mol. The summed E-state index contributed by atoms with van der Waals surface area (Å²) in [7, 11) is 0. The van der Waals surface area contributed by atoms with Crippen LogP contribution in [0, 0.1) is 18.3 Å². The molecule has 0 aliphatic carbocycles. The van der Waals surface area contributed by atoms with E-state index in [4.69, 9.17) is 5.26 Å². The number of anilines is 1. The highest BCUT2D eigenvalue weighted by molar-refractivity contribution is 7.99. The van der Waals surface area contributed by atoms with Crippen LogP contribution in [0.4, 0.5) is 5.00 Å². The molecule has 0 fully saturated rings. The van der Waals surface area contributed by atoms with E-state index in [2.05, 4.69) is 53.8 Å². The van der Waals surface area contributed by atoms with Crippen LogP contribution in [0.3, 0.4) is 0 Å². The van der Waals surface area contributed by atoms with Gasteiger partial charge >= 0.3 is 0 Å². The molecule has 0 bridgehead atoms. The molecule has 0 aliphatic heterocycles. The molecule has 3 heterocycles. The summed E-state index contributed by atoms with van der Waals surface area (Å²) in [6, 6.07) is 6.02. The van der Waals surface area contributed by atoms with Gasteiger partial charge in [0.2, 0.25) is 5.91 Å². The fraction of sp³-hybridized carbons (Fsp3) is 0.294. The smallest absolute Gasteiger partial charge is 0.235 e. The highest BCUT2D eigenvalue weighted by atomic mass is 32.2. The molecule has 1 amide bonds. The van der Waals surface area contributed by atoms with Gasteiger partial charge in [-0.2, -0.15) is 5.26 Å². The first-order chi connectivity index (χ1) is 12.5. The van der Waals surface area contributed by atoms with Crippen molar-refractivity contribution in [2.45, 2.75) is 32.0 Å². The number of carbonyl (C=O) groups excluding carboxylic acids is 1. The number of aryl methyl sites for hydroxylation is 1. The van der Waals surface area contributed by atoms with Crippen molar-refractivity contribution in [1.29, 1.82) is 5.26 Å². The average Bonchev–Trinajstić information content (AvgIpc) is 3.31. The standard InChI is InChI=1S/C17H17N5OS3/c1-10(2)22-15(13-6-11(3)25-8-13)20-21-17(22)26-9-14(23)19-16-12(7-18)4-5-24-16/h4-6,8,10H,9H2,1-3H3,(H,19,23). The molecule has 26 heavy (non-hydrogen) atoms. The molecule has 0 radical (unpaired) electrons. The van der Waals surface area contributed by atoms with Crippen molar-refractivity contribution in [1.82, 2.24) is 14.8 Å². The van der Waals surface area contributed by atoms with E-state index < -0.39 is 0 Å². The Hall–Kier alpha value is -2.15. The molecular formula is C17H17N5OS3. The highest BCUT2D eigenvalue weighted by Gasteiger charge is 2.19. The first-order valence-corrected chi connectivity index (χ1v) is 10.6. The minimum absolute atomic E-state index is 0.166. The third-order valence-corrected chi connectivity index (χ3v) is 6.18. The monoisotopic (exact) mass is 403 g/mol. The molecule has 9 heteroatoms. The second kappa shape index (κ2) is 8.03. The maximum atomic E-state index is 12.2. The first kappa shape index (κ1) is 18.6. The van der Waals surface area contributed by atoms with Gasteiger partial charge in [0.1, 0.15) is 11.1 Å². The number of thioether (sulfide) groups is 1. The third-order valence-electron chi connectivity index (χ3n) is 3.54. The predicted octanol–water partition coefficient (Wildman–Crippen LogP) is 4.56. The molecule has 0 aromatic carbocycles. The predicted molar refractivity (Wildman–Crippen MR) is 107 cm³/mol. The number of aromatic nitrogens is 3. The zero-order chi connectivity index (χ0) is 18.7. The van der Waals surface area contributed by atoms with Gasteiger partial charge in [-0.1, -0.05) is 11.8 Å². The summed E-state index contributed by atoms with van der Waals surface area (Å²) in [5.74, 6) is 0.855. The first-order valence-electron chi connectivity index (χ1n) is 7.90. The Morgan fingerprint density at radius 2 is 2.23 bits per heavy atom. The second-order valence-corrected chi connectivity index (χ2v) is 8.80. The van der Waals surface area contributed by atoms with Crippen molar-refractivity contribution in [3.8, 4) is 17.5 Å². The van der Waals surface area contributed by atoms with Gasteiger partial charge in [0.05, 0.1) is 11.3 Å². The van der Waals surface area contributed by atoms with E-state index >= 15 is 0 Å². The molecule has 0 unspecified atom stereocenters. The van der Waals surface area contributed by atoms with Crippen LogP contribution in [0.15, 0.2) is 28.0 Å². The van der Waals surface area contributed by atoms with Crippen molar-refractivity contribution >= 4 is 45.3 Å². The topological polar surface area (TPSA) is 83.6 Å². The Morgan fingerprint density at radius 3 is 2.88 bits per heavy atom. The number of amides is 1. The van der Waals surface area contributed by atoms with Crippen LogP contribution in [-0.4, -0.2) is 26.4 Å². The van der Waals surface area contributed by atoms with E-state index in [0.29, 0.717) is 15.7 Å². The number of carbonyl (C=O) groups is 1. The van der Waals surface area contributed by atoms with E-state index in [1.807, 2.05) is 4.57 Å². The molecule has 0 saturated heterocycles. The van der Waals surface area contributed by atoms with Gasteiger partial charge in [-0.05, 0) is 38.3 Å². The van der Waals surface area contributed by atoms with Gasteiger partial charge < -0.3 is 5.32 Å². The summed E-state index contributed by atoms with van der Waals surface area (Å²) in [5.41, 5.74) is 1.52. The van der Waals surface area contributed by atoms with Gasteiger partial charge in [-0.15, -0.1) is 32.9 Å². The maximum Gasteiger partial charge on any atom is 0.235 e. The van der Waals surface area contributed by atoms with Gasteiger partial charge in [-0.3, -0.25) is 9.36 Å². The van der Waals surface area contributed by atoms with Crippen LogP contribution in [0.5, 0.6) is 0 Å². The molecule has 0 saturated carbocycles. The number of thiophene rings is 2. The maximum absolute atomic E-state index is 12.2. The van der Waals surface area contributed by atoms with E-state index in [0.717, 1.165) is 11.4 Å². The van der Waals surface area contributed by atoms with Crippen molar-refractivity contribution in [3.05, 3.63) is 33.3 Å². The Balaban J connectivity index is 1.73. The number of hydrogen-bond acceptors (Lipinski definition) is 7. The SMILES string of the molecule is Cc1cc(-c2nnc(SCC(=O)Nc3sccc3C#N)n2C(C)C)cs1. The van der Waals surface area contributed by atoms with Crippen molar-refractivity contribution < 1.29 is 4.79 Å². The minimum Gasteiger partial charge on any atom is -0.316 e. The normalized spacial score (nSPS) is 10.9. The van der Waals surface area contributed by atoms with Crippen LogP contribution in [0.25, 0.3) is 11.4 Å². The van der Waals surface area contributed by atoms with Crippen molar-refractivity contribution in [2.75, 3.05) is 11.1 Å². The van der Waals surface area contributed by atoms with Crippen molar-refractivity contribution in [3.63, 3.8) is 0 Å². The van der Waals surface area contributed by atoms with Crippen LogP contribution in [-0.2, 0) is 4.79 Å². The number of rotatable bonds is 6. The Kier molecular flexibility index (Phi) is 5.76. The lowest BCUT2D eigenvalue weighted by atomic mass is 10.3. The molecule has 3 aromatic rings. The summed E-state index contributed by atoms with van der Waals surface area (Å²) in [6.45, 7) is 6.20. The van der Waals surface area contributed by atoms with Crippen LogP contribution >= 0.6 is 34.4 Å². The number of nitrogens with zero attached hydrogens (tertiary/aromatic N) is 4. The fourth-order valence-corrected chi connectivity index (χ4v) is 4.69. The third kappa shape index (κ3) is 3.98. The molecule has 6 nitrogen and oxygen atoms in total. The van der Waals surface area contributed by atoms with Crippen LogP contribution in [0.1, 0.15) is 30.3 Å². The molecule has 0 aliphatic rings. The van der Waals surface area contributed by atoms with Crippen molar-refractivity contribution in [2.24, 2.45) is 0 Å². The van der Waals surface area contributed by atoms with E-state index in [9.17, 15) is 4.79 Å². The summed E-state index contributed by atoms with van der Waals surface area (Å²) in [4.78, 5) is 13.4. The number of hydrogen-bond donors (Lipinski definition) is 1. The summed E-state index contributed by atoms with van der Waals surface area (Å²) < 4.78 is 2.05. The lowest BCUT2D eigenvalue weighted by Gasteiger charge is -2.13. The highest BCUT2D eigenvalue weighted by Crippen LogP contribution is 2.30. The molecule has 3 rings (SSSR count). The molecule has 134 valence electrons. The summed E-state index contributed by atoms with van der Waals surface area (Å²) in [5, 5.41) is 25.5. The molecule has 3 aromatic heterocycles. The fourth-order valence-electron chi connectivity index (χ4n) is 2.39. The second-order valence-electron chi connectivity index (χ2n) is 5.83. The van der Waals surface area contributed by atoms with Gasteiger partial charge in [0.25, 0.3) is 0 Å². The number of nitriles is 1. The lowest BCUT2D eigenvalue weighted by molar-refractivity contribution is -0.113. The van der Waals surface area contributed by atoms with Gasteiger partial charge in [-0.25, -0.2) is 0 Å². The number of nitrogens with one attached hydrogen (secondary N) is 1. The van der Waals surface area contributed by atoms with Crippen LogP contribution in [0.2, 0.25) is 0 Å². The zero-order valence-electron chi connectivity index (χ0n) is 14.5. The molecule has 0 atom stereocenters. The Labute approximate surface area is 163 Å². The summed E-state index contributed by atoms with van der Waals surface area (Å²) >= 11 is 4.36. The van der Waals surface area contributed by atoms with E-state index in [1.165, 1.54) is 28.0 Å². The van der Waals surface area contributed by atoms with E-state index in [-0.39, 0.29) is 17.7 Å². The molecule has 1 N–H and O–H groups in total.